The summed E-state index contributed by atoms with van der Waals surface area (Å²) in [4.78, 5) is 27.8. The number of tetrazole rings is 1. The number of carbonyl (C=O) groups excluding carboxylic acids is 2. The average molecular weight is 542 g/mol. The zero-order chi connectivity index (χ0) is 27.9. The van der Waals surface area contributed by atoms with Gasteiger partial charge in [-0.15, -0.1) is 0 Å². The second kappa shape index (κ2) is 10.5. The summed E-state index contributed by atoms with van der Waals surface area (Å²) >= 11 is 0. The van der Waals surface area contributed by atoms with Gasteiger partial charge in [0.2, 0.25) is 5.95 Å². The summed E-state index contributed by atoms with van der Waals surface area (Å²) in [5.74, 6) is 1.31. The molecule has 9 heteroatoms. The molecule has 0 spiro atoms. The Morgan fingerprint density at radius 3 is 2.62 bits per heavy atom. The molecule has 1 unspecified atom stereocenters. The fourth-order valence-electron chi connectivity index (χ4n) is 6.03. The van der Waals surface area contributed by atoms with Crippen LogP contribution in [0.4, 0.5) is 5.95 Å². The van der Waals surface area contributed by atoms with Crippen molar-refractivity contribution in [2.24, 2.45) is 11.3 Å². The fraction of sp³-hybridized carbons (Fsp3) is 0.452. The van der Waals surface area contributed by atoms with Crippen LogP contribution in [0, 0.1) is 11.3 Å². The number of carbonyl (C=O) groups is 2. The predicted octanol–water partition coefficient (Wildman–Crippen LogP) is 4.99. The van der Waals surface area contributed by atoms with E-state index in [0.717, 1.165) is 17.0 Å². The minimum Gasteiger partial charge on any atom is -0.489 e. The first-order valence-corrected chi connectivity index (χ1v) is 14.1. The Labute approximate surface area is 234 Å². The van der Waals surface area contributed by atoms with E-state index < -0.39 is 12.0 Å². The molecular weight excluding hydrogens is 506 g/mol. The molecule has 3 aliphatic rings. The SMILES string of the molecule is CCOC(=O)CCN1C2=CC(C)(C)CC(=O)C2[C@@H](c2ccc(OCc3ccccc3C3CC3)cc2)n2nnnc21. The zero-order valence-corrected chi connectivity index (χ0v) is 23.2. The predicted molar refractivity (Wildman–Crippen MR) is 149 cm³/mol. The van der Waals surface area contributed by atoms with Gasteiger partial charge in [0.1, 0.15) is 18.1 Å². The number of nitrogens with zero attached hydrogens (tertiary/aromatic N) is 5. The third kappa shape index (κ3) is 5.12. The third-order valence-corrected chi connectivity index (χ3v) is 7.97. The van der Waals surface area contributed by atoms with Crippen molar-refractivity contribution >= 4 is 17.7 Å². The van der Waals surface area contributed by atoms with Crippen molar-refractivity contribution in [3.8, 4) is 5.75 Å². The smallest absolute Gasteiger partial charge is 0.307 e. The van der Waals surface area contributed by atoms with Crippen molar-refractivity contribution in [3.05, 3.63) is 77.0 Å². The van der Waals surface area contributed by atoms with Gasteiger partial charge in [0.05, 0.1) is 25.0 Å². The molecule has 2 heterocycles. The number of allylic oxidation sites excluding steroid dienone is 2. The number of ketones is 1. The highest BCUT2D eigenvalue weighted by Gasteiger charge is 2.48. The van der Waals surface area contributed by atoms with Gasteiger partial charge in [-0.3, -0.25) is 9.59 Å². The molecule has 0 radical (unpaired) electrons. The molecular formula is C31H35N5O4. The maximum atomic E-state index is 13.7. The topological polar surface area (TPSA) is 99.4 Å². The molecule has 2 atom stereocenters. The molecule has 1 saturated carbocycles. The summed E-state index contributed by atoms with van der Waals surface area (Å²) in [5.41, 5.74) is 4.06. The second-order valence-electron chi connectivity index (χ2n) is 11.6. The lowest BCUT2D eigenvalue weighted by Gasteiger charge is -2.44. The molecule has 208 valence electrons. The molecule has 6 rings (SSSR count). The van der Waals surface area contributed by atoms with E-state index >= 15 is 0 Å². The Balaban J connectivity index is 1.28. The monoisotopic (exact) mass is 541 g/mol. The standard InChI is InChI=1S/C31H35N5O4/c1-4-39-27(38)15-16-35-25-17-31(2,3)18-26(37)28(25)29(36-30(35)32-33-34-36)21-11-13-23(14-12-21)40-19-22-7-5-6-8-24(22)20-9-10-20/h5-8,11-14,17,20,28-29H,4,9-10,15-16,18-19H2,1-3H3/t28?,29-/m1/s1. The van der Waals surface area contributed by atoms with E-state index in [2.05, 4.69) is 59.7 Å². The maximum absolute atomic E-state index is 13.7. The van der Waals surface area contributed by atoms with E-state index in [9.17, 15) is 9.59 Å². The number of benzene rings is 2. The van der Waals surface area contributed by atoms with E-state index in [4.69, 9.17) is 9.47 Å². The van der Waals surface area contributed by atoms with Crippen LogP contribution in [0.3, 0.4) is 0 Å². The molecule has 0 saturated heterocycles. The van der Waals surface area contributed by atoms with Crippen molar-refractivity contribution in [2.45, 2.75) is 65.0 Å². The summed E-state index contributed by atoms with van der Waals surface area (Å²) in [7, 11) is 0. The van der Waals surface area contributed by atoms with Crippen molar-refractivity contribution in [1.29, 1.82) is 0 Å². The highest BCUT2D eigenvalue weighted by Crippen LogP contribution is 2.48. The Hall–Kier alpha value is -4.01. The van der Waals surface area contributed by atoms with Gasteiger partial charge in [-0.2, -0.15) is 0 Å². The first-order valence-electron chi connectivity index (χ1n) is 14.1. The van der Waals surface area contributed by atoms with Crippen LogP contribution in [0.2, 0.25) is 0 Å². The van der Waals surface area contributed by atoms with Crippen molar-refractivity contribution in [3.63, 3.8) is 0 Å². The molecule has 1 aromatic heterocycles. The lowest BCUT2D eigenvalue weighted by atomic mass is 9.71. The largest absolute Gasteiger partial charge is 0.489 e. The summed E-state index contributed by atoms with van der Waals surface area (Å²) < 4.78 is 13.0. The van der Waals surface area contributed by atoms with Crippen molar-refractivity contribution in [2.75, 3.05) is 18.1 Å². The lowest BCUT2D eigenvalue weighted by molar-refractivity contribution is -0.142. The summed E-state index contributed by atoms with van der Waals surface area (Å²) in [5, 5.41) is 12.6. The van der Waals surface area contributed by atoms with Crippen LogP contribution in [0.5, 0.6) is 5.75 Å². The van der Waals surface area contributed by atoms with Crippen LogP contribution in [0.25, 0.3) is 0 Å². The van der Waals surface area contributed by atoms with Gasteiger partial charge in [0.25, 0.3) is 0 Å². The van der Waals surface area contributed by atoms with Crippen LogP contribution in [-0.4, -0.2) is 45.1 Å². The van der Waals surface area contributed by atoms with Gasteiger partial charge >= 0.3 is 5.97 Å². The molecule has 40 heavy (non-hydrogen) atoms. The van der Waals surface area contributed by atoms with Gasteiger partial charge in [0, 0.05) is 18.7 Å². The Morgan fingerprint density at radius 1 is 1.10 bits per heavy atom. The normalized spacial score (nSPS) is 21.3. The van der Waals surface area contributed by atoms with Gasteiger partial charge in [-0.1, -0.05) is 61.4 Å². The lowest BCUT2D eigenvalue weighted by Crippen LogP contribution is -2.47. The van der Waals surface area contributed by atoms with Crippen LogP contribution in [0.1, 0.15) is 75.1 Å². The van der Waals surface area contributed by atoms with Gasteiger partial charge in [-0.25, -0.2) is 4.68 Å². The van der Waals surface area contributed by atoms with Gasteiger partial charge < -0.3 is 14.4 Å². The number of ether oxygens (including phenoxy) is 2. The second-order valence-corrected chi connectivity index (χ2v) is 11.6. The first kappa shape index (κ1) is 26.2. The van der Waals surface area contributed by atoms with Crippen LogP contribution in [0.15, 0.2) is 60.3 Å². The van der Waals surface area contributed by atoms with Crippen LogP contribution in [-0.2, 0) is 20.9 Å². The highest BCUT2D eigenvalue weighted by atomic mass is 16.5. The minimum atomic E-state index is -0.469. The summed E-state index contributed by atoms with van der Waals surface area (Å²) in [6, 6.07) is 16.0. The van der Waals surface area contributed by atoms with Crippen LogP contribution < -0.4 is 9.64 Å². The van der Waals surface area contributed by atoms with Gasteiger partial charge in [-0.05, 0) is 70.3 Å². The Morgan fingerprint density at radius 2 is 1.88 bits per heavy atom. The number of esters is 1. The van der Waals surface area contributed by atoms with E-state index in [1.807, 2.05) is 29.2 Å². The molecule has 1 fully saturated rings. The molecule has 2 aliphatic carbocycles. The third-order valence-electron chi connectivity index (χ3n) is 7.97. The molecule has 1 aliphatic heterocycles. The minimum absolute atomic E-state index is 0.131. The van der Waals surface area contributed by atoms with E-state index in [-0.39, 0.29) is 23.6 Å². The average Bonchev–Trinajstić information content (AvgIpc) is 3.66. The number of Topliss-reactive ketones (excluding diaryl/α,β-unsaturated/α-hetero) is 1. The van der Waals surface area contributed by atoms with E-state index in [1.54, 1.807) is 11.6 Å². The Kier molecular flexibility index (Phi) is 6.90. The molecule has 9 nitrogen and oxygen atoms in total. The molecule has 2 aromatic carbocycles. The van der Waals surface area contributed by atoms with Crippen LogP contribution >= 0.6 is 0 Å². The van der Waals surface area contributed by atoms with Crippen molar-refractivity contribution < 1.29 is 19.1 Å². The number of hydrogen-bond donors (Lipinski definition) is 0. The van der Waals surface area contributed by atoms with Gasteiger partial charge in [0.15, 0.2) is 0 Å². The summed E-state index contributed by atoms with van der Waals surface area (Å²) in [6.45, 7) is 7.06. The maximum Gasteiger partial charge on any atom is 0.307 e. The highest BCUT2D eigenvalue weighted by molar-refractivity contribution is 5.89. The number of hydrogen-bond acceptors (Lipinski definition) is 8. The number of anilines is 1. The fourth-order valence-corrected chi connectivity index (χ4v) is 6.03. The van der Waals surface area contributed by atoms with E-state index in [1.165, 1.54) is 24.0 Å². The number of aromatic nitrogens is 4. The number of fused-ring (bicyclic) bond motifs is 2. The first-order chi connectivity index (χ1) is 19.3. The molecule has 0 amide bonds. The van der Waals surface area contributed by atoms with Crippen molar-refractivity contribution in [1.82, 2.24) is 20.2 Å². The van der Waals surface area contributed by atoms with E-state index in [0.29, 0.717) is 38.0 Å². The molecule has 0 bridgehead atoms. The molecule has 0 N–H and O–H groups in total. The number of rotatable bonds is 9. The molecule has 3 aromatic rings. The quantitative estimate of drug-likeness (QED) is 0.349. The zero-order valence-electron chi connectivity index (χ0n) is 23.2. The Bertz CT molecular complexity index is 1440. The summed E-state index contributed by atoms with van der Waals surface area (Å²) in [6.07, 6.45) is 5.23.